The lowest BCUT2D eigenvalue weighted by Crippen LogP contribution is -2.51. The lowest BCUT2D eigenvalue weighted by atomic mass is 9.99. The number of aromatic nitrogens is 1. The van der Waals surface area contributed by atoms with Crippen LogP contribution in [0, 0.1) is 5.92 Å². The molecule has 1 saturated heterocycles. The fourth-order valence-corrected chi connectivity index (χ4v) is 5.89. The molecule has 0 radical (unpaired) electrons. The van der Waals surface area contributed by atoms with E-state index in [1.165, 1.54) is 15.6 Å². The Morgan fingerprint density at radius 3 is 2.44 bits per heavy atom. The van der Waals surface area contributed by atoms with Crippen molar-refractivity contribution in [1.29, 1.82) is 0 Å². The summed E-state index contributed by atoms with van der Waals surface area (Å²) in [5.41, 5.74) is 8.62. The minimum absolute atomic E-state index is 0.161. The van der Waals surface area contributed by atoms with Crippen molar-refractivity contribution in [1.82, 2.24) is 19.5 Å². The van der Waals surface area contributed by atoms with Gasteiger partial charge in [0.1, 0.15) is 6.04 Å². The van der Waals surface area contributed by atoms with Crippen LogP contribution in [0.25, 0.3) is 0 Å². The van der Waals surface area contributed by atoms with Gasteiger partial charge in [-0.15, -0.1) is 11.3 Å². The van der Waals surface area contributed by atoms with Crippen LogP contribution >= 0.6 is 11.3 Å². The van der Waals surface area contributed by atoms with E-state index >= 15 is 0 Å². The quantitative estimate of drug-likeness (QED) is 0.498. The van der Waals surface area contributed by atoms with Gasteiger partial charge in [0, 0.05) is 38.0 Å². The van der Waals surface area contributed by atoms with Gasteiger partial charge >= 0.3 is 0 Å². The zero-order valence-corrected chi connectivity index (χ0v) is 19.6. The predicted molar refractivity (Wildman–Crippen MR) is 123 cm³/mol. The number of hydrogen-bond acceptors (Lipinski definition) is 7. The lowest BCUT2D eigenvalue weighted by molar-refractivity contribution is -0.129. The third-order valence-electron chi connectivity index (χ3n) is 5.52. The first kappa shape index (κ1) is 24.3. The molecule has 0 bridgehead atoms. The molecular formula is C21H29N5O4S2. The maximum absolute atomic E-state index is 13.2. The Morgan fingerprint density at radius 2 is 1.84 bits per heavy atom. The number of benzene rings is 1. The largest absolute Gasteiger partial charge is 0.368 e. The van der Waals surface area contributed by atoms with Gasteiger partial charge in [-0.3, -0.25) is 9.59 Å². The number of amides is 2. The second kappa shape index (κ2) is 11.0. The molecule has 0 saturated carbocycles. The summed E-state index contributed by atoms with van der Waals surface area (Å²) < 4.78 is 27.6. The average Bonchev–Trinajstić information content (AvgIpc) is 3.27. The molecule has 3 N–H and O–H groups in total. The van der Waals surface area contributed by atoms with Crippen molar-refractivity contribution in [3.05, 3.63) is 52.5 Å². The van der Waals surface area contributed by atoms with E-state index in [0.717, 1.165) is 5.56 Å². The van der Waals surface area contributed by atoms with E-state index in [0.29, 0.717) is 31.9 Å². The summed E-state index contributed by atoms with van der Waals surface area (Å²) in [6, 6.07) is 8.28. The van der Waals surface area contributed by atoms with E-state index in [4.69, 9.17) is 5.73 Å². The molecule has 1 aromatic heterocycles. The van der Waals surface area contributed by atoms with Gasteiger partial charge in [-0.05, 0) is 19.0 Å². The van der Waals surface area contributed by atoms with E-state index < -0.39 is 33.8 Å². The number of sulfonamides is 1. The molecule has 2 unspecified atom stereocenters. The van der Waals surface area contributed by atoms with Gasteiger partial charge in [0.25, 0.3) is 0 Å². The first-order chi connectivity index (χ1) is 15.2. The number of thiazole rings is 1. The van der Waals surface area contributed by atoms with Crippen LogP contribution in [-0.2, 0) is 32.5 Å². The number of primary amides is 1. The summed E-state index contributed by atoms with van der Waals surface area (Å²) in [6.45, 7) is 2.08. The van der Waals surface area contributed by atoms with Crippen molar-refractivity contribution >= 4 is 33.2 Å². The summed E-state index contributed by atoms with van der Waals surface area (Å²) in [5.74, 6) is -2.39. The van der Waals surface area contributed by atoms with Gasteiger partial charge in [0.05, 0.1) is 22.9 Å². The number of nitrogens with one attached hydrogen (secondary N) is 1. The number of nitrogens with two attached hydrogens (primary N) is 1. The number of hydrogen-bond donors (Lipinski definition) is 2. The molecule has 1 fully saturated rings. The van der Waals surface area contributed by atoms with Crippen LogP contribution in [0.4, 0.5) is 0 Å². The van der Waals surface area contributed by atoms with Crippen LogP contribution in [-0.4, -0.2) is 79.4 Å². The van der Waals surface area contributed by atoms with Gasteiger partial charge in [-0.25, -0.2) is 13.4 Å². The van der Waals surface area contributed by atoms with Crippen LogP contribution < -0.4 is 11.1 Å². The number of piperazine rings is 1. The van der Waals surface area contributed by atoms with E-state index in [2.05, 4.69) is 15.2 Å². The van der Waals surface area contributed by atoms with Gasteiger partial charge in [-0.2, -0.15) is 4.31 Å². The van der Waals surface area contributed by atoms with Crippen LogP contribution in [0.5, 0.6) is 0 Å². The standard InChI is InChI=1S/C21H29N5O4S2/c1-25-7-9-26(10-8-25)32(29,30)14-17(11-16-5-3-2-4-6-16)21(28)24-19(20(22)27)12-18-13-31-15-23-18/h2-6,13,15,17,19H,7-12,14H2,1H3,(H2,22,27)(H,24,28). The Labute approximate surface area is 192 Å². The average molecular weight is 480 g/mol. The second-order valence-electron chi connectivity index (χ2n) is 8.01. The van der Waals surface area contributed by atoms with Crippen molar-refractivity contribution in [3.8, 4) is 0 Å². The summed E-state index contributed by atoms with van der Waals surface area (Å²) in [5, 5.41) is 4.45. The third kappa shape index (κ3) is 6.83. The number of likely N-dealkylation sites (N-methyl/N-ethyl adjacent to an activating group) is 1. The van der Waals surface area contributed by atoms with Crippen molar-refractivity contribution in [3.63, 3.8) is 0 Å². The lowest BCUT2D eigenvalue weighted by Gasteiger charge is -2.32. The van der Waals surface area contributed by atoms with Crippen molar-refractivity contribution in [2.45, 2.75) is 18.9 Å². The molecule has 0 spiro atoms. The maximum Gasteiger partial charge on any atom is 0.240 e. The highest BCUT2D eigenvalue weighted by atomic mass is 32.2. The Kier molecular flexibility index (Phi) is 8.35. The fourth-order valence-electron chi connectivity index (χ4n) is 3.61. The first-order valence-corrected chi connectivity index (χ1v) is 13.0. The highest BCUT2D eigenvalue weighted by molar-refractivity contribution is 7.89. The first-order valence-electron chi connectivity index (χ1n) is 10.4. The minimum Gasteiger partial charge on any atom is -0.368 e. The van der Waals surface area contributed by atoms with Crippen molar-refractivity contribution in [2.24, 2.45) is 11.7 Å². The summed E-state index contributed by atoms with van der Waals surface area (Å²) in [4.78, 5) is 31.3. The SMILES string of the molecule is CN1CCN(S(=O)(=O)CC(Cc2ccccc2)C(=O)NC(Cc2cscn2)C(N)=O)CC1. The van der Waals surface area contributed by atoms with E-state index in [1.807, 2.05) is 37.4 Å². The van der Waals surface area contributed by atoms with Gasteiger partial charge < -0.3 is 16.0 Å². The number of carbonyl (C=O) groups is 2. The Hall–Kier alpha value is -2.34. The zero-order valence-electron chi connectivity index (χ0n) is 18.0. The molecule has 1 aliphatic rings. The van der Waals surface area contributed by atoms with Gasteiger partial charge in [0.15, 0.2) is 0 Å². The summed E-state index contributed by atoms with van der Waals surface area (Å²) >= 11 is 1.38. The van der Waals surface area contributed by atoms with E-state index in [9.17, 15) is 18.0 Å². The second-order valence-corrected chi connectivity index (χ2v) is 10.7. The van der Waals surface area contributed by atoms with Crippen molar-refractivity contribution < 1.29 is 18.0 Å². The molecule has 11 heteroatoms. The molecule has 2 aromatic rings. The van der Waals surface area contributed by atoms with Crippen LogP contribution in [0.3, 0.4) is 0 Å². The number of nitrogens with zero attached hydrogens (tertiary/aromatic N) is 3. The maximum atomic E-state index is 13.2. The molecule has 2 atom stereocenters. The van der Waals surface area contributed by atoms with Crippen LogP contribution in [0.2, 0.25) is 0 Å². The molecule has 1 aromatic carbocycles. The molecule has 2 heterocycles. The zero-order chi connectivity index (χ0) is 23.1. The van der Waals surface area contributed by atoms with E-state index in [1.54, 1.807) is 10.9 Å². The van der Waals surface area contributed by atoms with E-state index in [-0.39, 0.29) is 18.6 Å². The molecule has 2 amide bonds. The summed E-state index contributed by atoms with van der Waals surface area (Å²) in [6.07, 6.45) is 0.398. The monoisotopic (exact) mass is 479 g/mol. The van der Waals surface area contributed by atoms with Crippen molar-refractivity contribution in [2.75, 3.05) is 39.0 Å². The number of carbonyl (C=O) groups excluding carboxylic acids is 2. The topological polar surface area (TPSA) is 126 Å². The third-order valence-corrected chi connectivity index (χ3v) is 8.13. The Bertz CT molecular complexity index is 990. The molecule has 1 aliphatic heterocycles. The van der Waals surface area contributed by atoms with Gasteiger partial charge in [-0.1, -0.05) is 30.3 Å². The molecule has 3 rings (SSSR count). The molecule has 0 aliphatic carbocycles. The van der Waals surface area contributed by atoms with Crippen LogP contribution in [0.1, 0.15) is 11.3 Å². The Balaban J connectivity index is 1.76. The summed E-state index contributed by atoms with van der Waals surface area (Å²) in [7, 11) is -1.71. The number of rotatable bonds is 10. The molecule has 9 nitrogen and oxygen atoms in total. The van der Waals surface area contributed by atoms with Crippen LogP contribution in [0.15, 0.2) is 41.2 Å². The molecular weight excluding hydrogens is 450 g/mol. The fraction of sp³-hybridized carbons (Fsp3) is 0.476. The van der Waals surface area contributed by atoms with Gasteiger partial charge in [0.2, 0.25) is 21.8 Å². The highest BCUT2D eigenvalue weighted by Crippen LogP contribution is 2.17. The molecule has 174 valence electrons. The molecule has 32 heavy (non-hydrogen) atoms. The predicted octanol–water partition coefficient (Wildman–Crippen LogP) is 0.0918. The minimum atomic E-state index is -3.66. The normalized spacial score (nSPS) is 17.5. The smallest absolute Gasteiger partial charge is 0.240 e. The Morgan fingerprint density at radius 1 is 1.16 bits per heavy atom. The highest BCUT2D eigenvalue weighted by Gasteiger charge is 2.33.